The molecule has 0 radical (unpaired) electrons. The number of rotatable bonds is 2. The maximum Gasteiger partial charge on any atom is 0.0545 e. The normalized spacial score (nSPS) is 17.9. The molecule has 2 heteroatoms. The van der Waals surface area contributed by atoms with Gasteiger partial charge in [0.15, 0.2) is 0 Å². The molecule has 1 unspecified atom stereocenters. The van der Waals surface area contributed by atoms with Crippen molar-refractivity contribution in [2.45, 2.75) is 31.6 Å². The predicted octanol–water partition coefficient (Wildman–Crippen LogP) is 10.2. The molecule has 0 saturated carbocycles. The molecule has 2 heterocycles. The van der Waals surface area contributed by atoms with Crippen LogP contribution in [0.25, 0.3) is 38.6 Å². The Hall–Kier alpha value is -4.82. The molecule has 1 aromatic heterocycles. The van der Waals surface area contributed by atoms with Crippen molar-refractivity contribution in [2.24, 2.45) is 0 Å². The van der Waals surface area contributed by atoms with Crippen LogP contribution < -0.4 is 4.90 Å². The Labute approximate surface area is 240 Å². The summed E-state index contributed by atoms with van der Waals surface area (Å²) in [6.45, 7) is 4.73. The second-order valence-corrected chi connectivity index (χ2v) is 12.2. The van der Waals surface area contributed by atoms with Crippen molar-refractivity contribution in [1.82, 2.24) is 4.57 Å². The fourth-order valence-electron chi connectivity index (χ4n) is 7.74. The third-order valence-corrected chi connectivity index (χ3v) is 9.67. The van der Waals surface area contributed by atoms with E-state index in [0.717, 1.165) is 6.42 Å². The van der Waals surface area contributed by atoms with Crippen LogP contribution in [0.5, 0.6) is 0 Å². The van der Waals surface area contributed by atoms with E-state index < -0.39 is 0 Å². The first-order chi connectivity index (χ1) is 20.1. The van der Waals surface area contributed by atoms with Crippen molar-refractivity contribution in [1.29, 1.82) is 0 Å². The molecule has 6 aromatic rings. The van der Waals surface area contributed by atoms with Crippen molar-refractivity contribution in [3.63, 3.8) is 0 Å². The topological polar surface area (TPSA) is 8.17 Å². The van der Waals surface area contributed by atoms with Crippen molar-refractivity contribution in [3.8, 4) is 16.8 Å². The number of para-hydroxylation sites is 2. The highest BCUT2D eigenvalue weighted by Gasteiger charge is 2.37. The first-order valence-electron chi connectivity index (χ1n) is 14.6. The van der Waals surface area contributed by atoms with Crippen LogP contribution >= 0.6 is 0 Å². The van der Waals surface area contributed by atoms with Crippen LogP contribution in [0, 0.1) is 0 Å². The Morgan fingerprint density at radius 3 is 2.34 bits per heavy atom. The summed E-state index contributed by atoms with van der Waals surface area (Å²) >= 11 is 0. The standard InChI is InChI=1S/C39H30N2/c1-39(2)33-17-9-6-14-27(33)28-21-20-26(22-34(28)39)41-36-19-11-8-16-30(36)32-23-37-31(24-38(32)41)29-15-7-10-18-35(29)40(37)25-12-4-3-5-13-25/h3-14,16-24,29H,15H2,1-2H3. The fraction of sp³-hybridized carbons (Fsp3) is 0.128. The molecule has 5 aromatic carbocycles. The Morgan fingerprint density at radius 1 is 0.659 bits per heavy atom. The van der Waals surface area contributed by atoms with Gasteiger partial charge in [-0.25, -0.2) is 0 Å². The van der Waals surface area contributed by atoms with Gasteiger partial charge >= 0.3 is 0 Å². The summed E-state index contributed by atoms with van der Waals surface area (Å²) in [5.41, 5.74) is 14.6. The van der Waals surface area contributed by atoms with E-state index in [4.69, 9.17) is 0 Å². The lowest BCUT2D eigenvalue weighted by Crippen LogP contribution is -2.15. The lowest BCUT2D eigenvalue weighted by molar-refractivity contribution is 0.660. The third kappa shape index (κ3) is 3.02. The van der Waals surface area contributed by atoms with Gasteiger partial charge < -0.3 is 9.47 Å². The summed E-state index contributed by atoms with van der Waals surface area (Å²) in [6, 6.07) is 40.7. The molecule has 3 aliphatic rings. The van der Waals surface area contributed by atoms with Crippen LogP contribution in [0.1, 0.15) is 42.9 Å². The molecule has 0 amide bonds. The highest BCUT2D eigenvalue weighted by atomic mass is 15.2. The number of allylic oxidation sites excluding steroid dienone is 4. The lowest BCUT2D eigenvalue weighted by Gasteiger charge is -2.24. The number of benzene rings is 5. The van der Waals surface area contributed by atoms with Crippen molar-refractivity contribution >= 4 is 33.2 Å². The van der Waals surface area contributed by atoms with Gasteiger partial charge in [0, 0.05) is 39.2 Å². The monoisotopic (exact) mass is 526 g/mol. The van der Waals surface area contributed by atoms with Crippen molar-refractivity contribution < 1.29 is 0 Å². The first-order valence-corrected chi connectivity index (χ1v) is 14.6. The summed E-state index contributed by atoms with van der Waals surface area (Å²) in [7, 11) is 0. The van der Waals surface area contributed by atoms with Crippen LogP contribution in [-0.2, 0) is 5.41 Å². The molecule has 1 aliphatic heterocycles. The van der Waals surface area contributed by atoms with Crippen LogP contribution in [0.4, 0.5) is 11.4 Å². The van der Waals surface area contributed by atoms with E-state index in [9.17, 15) is 0 Å². The summed E-state index contributed by atoms with van der Waals surface area (Å²) in [4.78, 5) is 2.48. The summed E-state index contributed by atoms with van der Waals surface area (Å²) in [5, 5.41) is 2.60. The first kappa shape index (κ1) is 22.9. The summed E-state index contributed by atoms with van der Waals surface area (Å²) in [6.07, 6.45) is 7.86. The smallest absolute Gasteiger partial charge is 0.0545 e. The van der Waals surface area contributed by atoms with Crippen molar-refractivity contribution in [2.75, 3.05) is 4.90 Å². The second-order valence-electron chi connectivity index (χ2n) is 12.2. The van der Waals surface area contributed by atoms with Gasteiger partial charge in [0.25, 0.3) is 0 Å². The molecule has 0 fully saturated rings. The molecule has 9 rings (SSSR count). The maximum atomic E-state index is 2.50. The van der Waals surface area contributed by atoms with Gasteiger partial charge in [-0.2, -0.15) is 0 Å². The van der Waals surface area contributed by atoms with Gasteiger partial charge in [0.05, 0.1) is 16.7 Å². The molecule has 41 heavy (non-hydrogen) atoms. The van der Waals surface area contributed by atoms with Gasteiger partial charge in [-0.3, -0.25) is 0 Å². The predicted molar refractivity (Wildman–Crippen MR) is 172 cm³/mol. The molecule has 0 spiro atoms. The Kier molecular flexibility index (Phi) is 4.54. The summed E-state index contributed by atoms with van der Waals surface area (Å²) in [5.74, 6) is 0.361. The average molecular weight is 527 g/mol. The van der Waals surface area contributed by atoms with E-state index in [2.05, 4.69) is 151 Å². The van der Waals surface area contributed by atoms with Crippen LogP contribution in [0.3, 0.4) is 0 Å². The number of hydrogen-bond acceptors (Lipinski definition) is 1. The van der Waals surface area contributed by atoms with E-state index in [1.165, 1.54) is 72.4 Å². The molecule has 2 aliphatic carbocycles. The van der Waals surface area contributed by atoms with E-state index in [1.54, 1.807) is 0 Å². The van der Waals surface area contributed by atoms with Gasteiger partial charge in [0.2, 0.25) is 0 Å². The Balaban J connectivity index is 1.31. The molecule has 0 bridgehead atoms. The SMILES string of the molecule is CC1(C)c2ccccc2-c2ccc(-n3c4ccccc4c4cc5c(cc43)C3CC=CC=C3N5c3ccccc3)cc21. The highest BCUT2D eigenvalue weighted by molar-refractivity contribution is 6.11. The molecule has 0 N–H and O–H groups in total. The maximum absolute atomic E-state index is 2.50. The number of fused-ring (bicyclic) bond motifs is 9. The zero-order valence-corrected chi connectivity index (χ0v) is 23.3. The van der Waals surface area contributed by atoms with Crippen LogP contribution in [-0.4, -0.2) is 4.57 Å². The van der Waals surface area contributed by atoms with E-state index >= 15 is 0 Å². The summed E-state index contributed by atoms with van der Waals surface area (Å²) < 4.78 is 2.50. The largest absolute Gasteiger partial charge is 0.313 e. The molecular weight excluding hydrogens is 496 g/mol. The number of anilines is 2. The van der Waals surface area contributed by atoms with Crippen LogP contribution in [0.15, 0.2) is 133 Å². The molecule has 1 atom stereocenters. The number of nitrogens with zero attached hydrogens (tertiary/aromatic N) is 2. The highest BCUT2D eigenvalue weighted by Crippen LogP contribution is 2.53. The fourth-order valence-corrected chi connectivity index (χ4v) is 7.74. The van der Waals surface area contributed by atoms with Gasteiger partial charge in [0.1, 0.15) is 0 Å². The molecular formula is C39H30N2. The van der Waals surface area contributed by atoms with Gasteiger partial charge in [-0.1, -0.05) is 92.7 Å². The lowest BCUT2D eigenvalue weighted by atomic mass is 9.82. The quantitative estimate of drug-likeness (QED) is 0.218. The second kappa shape index (κ2) is 8.11. The molecule has 2 nitrogen and oxygen atoms in total. The number of hydrogen-bond donors (Lipinski definition) is 0. The molecule has 0 saturated heterocycles. The average Bonchev–Trinajstić information content (AvgIpc) is 3.60. The third-order valence-electron chi connectivity index (χ3n) is 9.67. The zero-order valence-electron chi connectivity index (χ0n) is 23.3. The van der Waals surface area contributed by atoms with Gasteiger partial charge in [-0.05, 0) is 82.8 Å². The minimum atomic E-state index is -0.0355. The zero-order chi connectivity index (χ0) is 27.3. The van der Waals surface area contributed by atoms with Crippen LogP contribution in [0.2, 0.25) is 0 Å². The van der Waals surface area contributed by atoms with E-state index in [1.807, 2.05) is 0 Å². The van der Waals surface area contributed by atoms with E-state index in [0.29, 0.717) is 5.92 Å². The number of aromatic nitrogens is 1. The van der Waals surface area contributed by atoms with Crippen molar-refractivity contribution in [3.05, 3.63) is 150 Å². The minimum absolute atomic E-state index is 0.0355. The minimum Gasteiger partial charge on any atom is -0.313 e. The Morgan fingerprint density at radius 2 is 1.44 bits per heavy atom. The van der Waals surface area contributed by atoms with E-state index in [-0.39, 0.29) is 5.41 Å². The van der Waals surface area contributed by atoms with Gasteiger partial charge in [-0.15, -0.1) is 0 Å². The Bertz CT molecular complexity index is 2110. The molecule has 196 valence electrons.